The van der Waals surface area contributed by atoms with Crippen LogP contribution in [0.2, 0.25) is 0 Å². The average Bonchev–Trinajstić information content (AvgIpc) is 2.72. The van der Waals surface area contributed by atoms with E-state index in [1.807, 2.05) is 0 Å². The molecule has 1 atom stereocenters. The van der Waals surface area contributed by atoms with Crippen molar-refractivity contribution >= 4 is 23.5 Å². The molecule has 29 heavy (non-hydrogen) atoms. The minimum absolute atomic E-state index is 0.599. The smallest absolute Gasteiger partial charge is 0.0138 e. The summed E-state index contributed by atoms with van der Waals surface area (Å²) in [5.74, 6) is 3.92. The molecule has 0 bridgehead atoms. The summed E-state index contributed by atoms with van der Waals surface area (Å²) in [5, 5.41) is 0.599. The minimum Gasteiger partial charge on any atom is -0.161 e. The second-order valence-corrected chi connectivity index (χ2v) is 11.5. The fourth-order valence-corrected chi connectivity index (χ4v) is 6.01. The molecule has 0 aliphatic rings. The third-order valence-corrected chi connectivity index (χ3v) is 8.39. The van der Waals surface area contributed by atoms with Crippen LogP contribution in [0.15, 0.2) is 0 Å². The first-order chi connectivity index (χ1) is 14.3. The highest BCUT2D eigenvalue weighted by molar-refractivity contribution is 8.03. The fourth-order valence-electron chi connectivity index (χ4n) is 3.79. The van der Waals surface area contributed by atoms with Gasteiger partial charge in [-0.05, 0) is 31.3 Å². The maximum Gasteiger partial charge on any atom is 0.0138 e. The van der Waals surface area contributed by atoms with Gasteiger partial charge in [-0.2, -0.15) is 23.5 Å². The number of hydrogen-bond acceptors (Lipinski definition) is 2. The van der Waals surface area contributed by atoms with Crippen molar-refractivity contribution in [2.24, 2.45) is 0 Å². The van der Waals surface area contributed by atoms with E-state index in [4.69, 9.17) is 0 Å². The van der Waals surface area contributed by atoms with E-state index in [1.54, 1.807) is 0 Å². The minimum atomic E-state index is 0.599. The van der Waals surface area contributed by atoms with Gasteiger partial charge in [0.15, 0.2) is 0 Å². The van der Waals surface area contributed by atoms with Crippen molar-refractivity contribution in [1.29, 1.82) is 0 Å². The lowest BCUT2D eigenvalue weighted by atomic mass is 10.1. The summed E-state index contributed by atoms with van der Waals surface area (Å²) in [6.07, 6.45) is 28.8. The Morgan fingerprint density at radius 3 is 1.24 bits per heavy atom. The molecule has 0 aliphatic carbocycles. The van der Waals surface area contributed by atoms with Gasteiger partial charge in [0.25, 0.3) is 0 Å². The van der Waals surface area contributed by atoms with E-state index in [-0.39, 0.29) is 0 Å². The number of unbranched alkanes of at least 4 members (excludes halogenated alkanes) is 18. The van der Waals surface area contributed by atoms with Crippen LogP contribution >= 0.6 is 23.5 Å². The van der Waals surface area contributed by atoms with Crippen molar-refractivity contribution in [2.75, 3.05) is 17.3 Å². The van der Waals surface area contributed by atoms with Crippen LogP contribution in [0.3, 0.4) is 0 Å². The van der Waals surface area contributed by atoms with Gasteiger partial charge in [0.2, 0.25) is 0 Å². The van der Waals surface area contributed by atoms with Gasteiger partial charge in [-0.25, -0.2) is 0 Å². The van der Waals surface area contributed by atoms with Crippen molar-refractivity contribution < 1.29 is 0 Å². The predicted molar refractivity (Wildman–Crippen MR) is 143 cm³/mol. The maximum absolute atomic E-state index is 4.35. The molecule has 0 nitrogen and oxygen atoms in total. The lowest BCUT2D eigenvalue weighted by Crippen LogP contribution is -2.02. The molecule has 0 aromatic heterocycles. The van der Waals surface area contributed by atoms with Gasteiger partial charge in [-0.15, -0.1) is 0 Å². The Labute approximate surface area is 194 Å². The largest absolute Gasteiger partial charge is 0.161 e. The molecular formula is C27H55S2. The molecule has 0 fully saturated rings. The zero-order valence-electron chi connectivity index (χ0n) is 20.4. The summed E-state index contributed by atoms with van der Waals surface area (Å²) in [6, 6.07) is 0. The van der Waals surface area contributed by atoms with E-state index in [0.717, 1.165) is 0 Å². The van der Waals surface area contributed by atoms with Crippen LogP contribution in [0.5, 0.6) is 0 Å². The molecule has 0 aliphatic heterocycles. The van der Waals surface area contributed by atoms with Crippen LogP contribution in [0, 0.1) is 6.92 Å². The van der Waals surface area contributed by atoms with E-state index in [1.165, 1.54) is 146 Å². The topological polar surface area (TPSA) is 0 Å². The summed E-state index contributed by atoms with van der Waals surface area (Å²) < 4.78 is 0. The Morgan fingerprint density at radius 2 is 0.828 bits per heavy atom. The monoisotopic (exact) mass is 443 g/mol. The van der Waals surface area contributed by atoms with Crippen LogP contribution in [0.25, 0.3) is 0 Å². The number of hydrogen-bond donors (Lipinski definition) is 0. The van der Waals surface area contributed by atoms with Gasteiger partial charge in [-0.1, -0.05) is 129 Å². The van der Waals surface area contributed by atoms with Crippen LogP contribution in [-0.2, 0) is 0 Å². The highest BCUT2D eigenvalue weighted by Crippen LogP contribution is 2.20. The van der Waals surface area contributed by atoms with E-state index in [2.05, 4.69) is 44.3 Å². The van der Waals surface area contributed by atoms with Gasteiger partial charge in [0.05, 0.1) is 0 Å². The third-order valence-electron chi connectivity index (χ3n) is 5.80. The molecule has 1 unspecified atom stereocenters. The van der Waals surface area contributed by atoms with Crippen LogP contribution in [-0.4, -0.2) is 22.5 Å². The van der Waals surface area contributed by atoms with Crippen LogP contribution in [0.4, 0.5) is 0 Å². The number of rotatable bonds is 25. The molecule has 0 rings (SSSR count). The van der Waals surface area contributed by atoms with E-state index < -0.39 is 0 Å². The molecular weight excluding hydrogens is 388 g/mol. The van der Waals surface area contributed by atoms with Crippen molar-refractivity contribution in [3.8, 4) is 0 Å². The first-order valence-corrected chi connectivity index (χ1v) is 15.5. The lowest BCUT2D eigenvalue weighted by Gasteiger charge is -2.10. The van der Waals surface area contributed by atoms with Gasteiger partial charge in [-0.3, -0.25) is 0 Å². The zero-order chi connectivity index (χ0) is 21.3. The molecule has 0 spiro atoms. The summed E-state index contributed by atoms with van der Waals surface area (Å²) in [4.78, 5) is 0. The van der Waals surface area contributed by atoms with Gasteiger partial charge in [0.1, 0.15) is 0 Å². The lowest BCUT2D eigenvalue weighted by molar-refractivity contribution is 0.563. The van der Waals surface area contributed by atoms with Crippen molar-refractivity contribution in [1.82, 2.24) is 0 Å². The molecule has 0 aromatic carbocycles. The first-order valence-electron chi connectivity index (χ1n) is 13.3. The highest BCUT2D eigenvalue weighted by Gasteiger charge is 2.03. The van der Waals surface area contributed by atoms with Crippen molar-refractivity contribution in [2.45, 2.75) is 148 Å². The standard InChI is InChI=1S/C27H55S2/c1-4-6-8-10-12-14-16-18-20-22-24-28-26-27(3)29-25-23-21-19-17-15-13-11-9-7-5-2/h27H,3-26H2,1-2H3. The van der Waals surface area contributed by atoms with Crippen molar-refractivity contribution in [3.63, 3.8) is 0 Å². The molecule has 175 valence electrons. The Balaban J connectivity index is 3.12. The Morgan fingerprint density at radius 1 is 0.483 bits per heavy atom. The molecule has 0 saturated carbocycles. The van der Waals surface area contributed by atoms with Crippen molar-refractivity contribution in [3.05, 3.63) is 6.92 Å². The third kappa shape index (κ3) is 26.7. The van der Waals surface area contributed by atoms with Gasteiger partial charge in [0, 0.05) is 11.0 Å². The normalized spacial score (nSPS) is 12.5. The summed E-state index contributed by atoms with van der Waals surface area (Å²) >= 11 is 4.24. The Hall–Kier alpha value is 0.700. The molecule has 0 saturated heterocycles. The first kappa shape index (κ1) is 29.7. The van der Waals surface area contributed by atoms with Gasteiger partial charge < -0.3 is 0 Å². The summed E-state index contributed by atoms with van der Waals surface area (Å²) in [5.41, 5.74) is 0. The Kier molecular flexibility index (Phi) is 27.4. The van der Waals surface area contributed by atoms with Crippen LogP contribution in [0.1, 0.15) is 142 Å². The van der Waals surface area contributed by atoms with E-state index in [9.17, 15) is 0 Å². The highest BCUT2D eigenvalue weighted by atomic mass is 32.2. The molecule has 2 heteroatoms. The number of thioether (sulfide) groups is 2. The summed E-state index contributed by atoms with van der Waals surface area (Å²) in [6.45, 7) is 8.95. The average molecular weight is 444 g/mol. The SMILES string of the molecule is [CH2]C(CSCCCCCCCCCCCC)SCCCCCCCCCCCC. The molecule has 0 heterocycles. The second-order valence-electron chi connectivity index (χ2n) is 8.93. The molecule has 0 N–H and O–H groups in total. The second kappa shape index (κ2) is 26.7. The zero-order valence-corrected chi connectivity index (χ0v) is 22.0. The van der Waals surface area contributed by atoms with E-state index >= 15 is 0 Å². The quantitative estimate of drug-likeness (QED) is 0.129. The molecule has 0 aromatic rings. The Bertz CT molecular complexity index is 280. The maximum atomic E-state index is 4.35. The molecule has 1 radical (unpaired) electrons. The van der Waals surface area contributed by atoms with E-state index in [0.29, 0.717) is 5.25 Å². The fraction of sp³-hybridized carbons (Fsp3) is 0.963. The molecule has 0 amide bonds. The predicted octanol–water partition coefficient (Wildman–Crippen LogP) is 10.5. The van der Waals surface area contributed by atoms with Crippen LogP contribution < -0.4 is 0 Å². The van der Waals surface area contributed by atoms with Gasteiger partial charge >= 0.3 is 0 Å². The summed E-state index contributed by atoms with van der Waals surface area (Å²) in [7, 11) is 0.